The lowest BCUT2D eigenvalue weighted by molar-refractivity contribution is -0.146. The van der Waals surface area contributed by atoms with Gasteiger partial charge in [0, 0.05) is 42.2 Å². The Labute approximate surface area is 240 Å². The summed E-state index contributed by atoms with van der Waals surface area (Å²) in [7, 11) is -4.11. The summed E-state index contributed by atoms with van der Waals surface area (Å²) in [5.41, 5.74) is -0.386. The number of carbonyl (C=O) groups excluding carboxylic acids is 3. The van der Waals surface area contributed by atoms with Gasteiger partial charge in [-0.2, -0.15) is 17.5 Å². The molecule has 2 aliphatic heterocycles. The fraction of sp³-hybridized carbons (Fsp3) is 0.379. The third-order valence-corrected chi connectivity index (χ3v) is 9.26. The van der Waals surface area contributed by atoms with E-state index in [1.807, 2.05) is 0 Å². The maximum absolute atomic E-state index is 13.4. The van der Waals surface area contributed by atoms with E-state index in [0.29, 0.717) is 23.8 Å². The van der Waals surface area contributed by atoms with Crippen molar-refractivity contribution in [2.45, 2.75) is 68.8 Å². The summed E-state index contributed by atoms with van der Waals surface area (Å²) in [5, 5.41) is 0.357. The number of ketones is 1. The Morgan fingerprint density at radius 1 is 1.14 bits per heavy atom. The molecule has 2 aliphatic rings. The van der Waals surface area contributed by atoms with Crippen molar-refractivity contribution in [1.29, 1.82) is 0 Å². The lowest BCUT2D eigenvalue weighted by Gasteiger charge is -2.33. The van der Waals surface area contributed by atoms with Crippen LogP contribution >= 0.6 is 0 Å². The van der Waals surface area contributed by atoms with Crippen molar-refractivity contribution < 1.29 is 40.4 Å². The molecule has 13 heteroatoms. The second-order valence-corrected chi connectivity index (χ2v) is 12.4. The molecule has 1 unspecified atom stereocenters. The van der Waals surface area contributed by atoms with E-state index in [-0.39, 0.29) is 41.4 Å². The van der Waals surface area contributed by atoms with Gasteiger partial charge in [-0.15, -0.1) is 0 Å². The molecule has 2 amide bonds. The van der Waals surface area contributed by atoms with E-state index in [2.05, 4.69) is 4.98 Å². The van der Waals surface area contributed by atoms with Gasteiger partial charge in [-0.3, -0.25) is 24.3 Å². The molecular formula is C29H28F3N3O6S. The molecule has 0 saturated carbocycles. The minimum atomic E-state index is -4.65. The van der Waals surface area contributed by atoms with E-state index >= 15 is 0 Å². The molecule has 0 radical (unpaired) electrons. The summed E-state index contributed by atoms with van der Waals surface area (Å²) in [6.45, 7) is 3.40. The van der Waals surface area contributed by atoms with Crippen molar-refractivity contribution in [2.24, 2.45) is 0 Å². The van der Waals surface area contributed by atoms with E-state index in [0.717, 1.165) is 27.5 Å². The van der Waals surface area contributed by atoms with Gasteiger partial charge in [-0.25, -0.2) is 8.42 Å². The Morgan fingerprint density at radius 2 is 1.88 bits per heavy atom. The molecule has 0 spiro atoms. The minimum Gasteiger partial charge on any atom is -0.443 e. The number of carbonyl (C=O) groups is 3. The highest BCUT2D eigenvalue weighted by Gasteiger charge is 2.42. The van der Waals surface area contributed by atoms with Crippen molar-refractivity contribution in [2.75, 3.05) is 6.54 Å². The predicted molar refractivity (Wildman–Crippen MR) is 144 cm³/mol. The number of rotatable bonds is 8. The Morgan fingerprint density at radius 3 is 2.52 bits per heavy atom. The van der Waals surface area contributed by atoms with Gasteiger partial charge in [-0.05, 0) is 50.8 Å². The molecule has 3 aromatic rings. The van der Waals surface area contributed by atoms with E-state index in [1.54, 1.807) is 38.1 Å². The van der Waals surface area contributed by atoms with Gasteiger partial charge in [0.25, 0.3) is 15.9 Å². The number of hydrogen-bond donors (Lipinski definition) is 0. The average molecular weight is 604 g/mol. The molecule has 1 fully saturated rings. The number of benzene rings is 1. The number of alkyl halides is 3. The number of nitrogens with zero attached hydrogens (tertiary/aromatic N) is 3. The van der Waals surface area contributed by atoms with Crippen molar-refractivity contribution >= 4 is 38.6 Å². The van der Waals surface area contributed by atoms with E-state index in [4.69, 9.17) is 4.42 Å². The number of sulfonamides is 1. The highest BCUT2D eigenvalue weighted by Crippen LogP contribution is 2.34. The number of aromatic nitrogens is 1. The molecule has 4 heterocycles. The first-order chi connectivity index (χ1) is 19.8. The summed E-state index contributed by atoms with van der Waals surface area (Å²) in [6, 6.07) is 8.69. The van der Waals surface area contributed by atoms with Crippen LogP contribution in [-0.2, 0) is 30.6 Å². The third-order valence-electron chi connectivity index (χ3n) is 7.50. The molecule has 1 saturated heterocycles. The predicted octanol–water partition coefficient (Wildman–Crippen LogP) is 4.84. The fourth-order valence-electron chi connectivity index (χ4n) is 5.40. The van der Waals surface area contributed by atoms with Gasteiger partial charge < -0.3 is 4.42 Å². The number of fused-ring (bicyclic) bond motifs is 1. The molecule has 0 bridgehead atoms. The zero-order chi connectivity index (χ0) is 30.4. The maximum Gasteiger partial charge on any atom is 0.433 e. The molecular weight excluding hydrogens is 575 g/mol. The largest absolute Gasteiger partial charge is 0.443 e. The number of pyridine rings is 1. The quantitative estimate of drug-likeness (QED) is 0.338. The van der Waals surface area contributed by atoms with Crippen LogP contribution in [0.3, 0.4) is 0 Å². The van der Waals surface area contributed by atoms with Crippen molar-refractivity contribution in [3.63, 3.8) is 0 Å². The maximum atomic E-state index is 13.4. The van der Waals surface area contributed by atoms with Gasteiger partial charge >= 0.3 is 6.18 Å². The minimum absolute atomic E-state index is 0.0756. The standard InChI is InChI=1S/C29H28F3N3O6S/c1-17(2)35-27(37)19(14-21(28(35)38)20-10-12-25(33-16-20)29(30,31)32)9-11-23(36)22-7-5-13-34(22)42(39,40)26-15-18-6-3-4-8-24(18)41-26/h3-4,6,8,10,12,14-17,21-22H,5,7,9,11,13H2,1-2H3/t21?,22-/m0/s1. The Balaban J connectivity index is 1.36. The van der Waals surface area contributed by atoms with Crippen LogP contribution < -0.4 is 0 Å². The molecule has 1 aromatic carbocycles. The molecule has 42 heavy (non-hydrogen) atoms. The number of furan rings is 1. The van der Waals surface area contributed by atoms with Crippen molar-refractivity contribution in [3.8, 4) is 0 Å². The van der Waals surface area contributed by atoms with Crippen LogP contribution in [-0.4, -0.2) is 58.8 Å². The van der Waals surface area contributed by atoms with E-state index in [9.17, 15) is 36.0 Å². The van der Waals surface area contributed by atoms with Crippen LogP contribution in [0.1, 0.15) is 56.7 Å². The number of imide groups is 1. The topological polar surface area (TPSA) is 118 Å². The summed E-state index contributed by atoms with van der Waals surface area (Å²) in [6.07, 6.45) is -1.81. The zero-order valence-corrected chi connectivity index (χ0v) is 23.6. The molecule has 2 aromatic heterocycles. The van der Waals surface area contributed by atoms with Crippen LogP contribution in [0.2, 0.25) is 0 Å². The highest BCUT2D eigenvalue weighted by molar-refractivity contribution is 7.89. The highest BCUT2D eigenvalue weighted by atomic mass is 32.2. The number of halogens is 3. The summed E-state index contributed by atoms with van der Waals surface area (Å²) in [4.78, 5) is 44.2. The molecule has 222 valence electrons. The van der Waals surface area contributed by atoms with Gasteiger partial charge in [0.05, 0.1) is 12.0 Å². The van der Waals surface area contributed by atoms with Crippen LogP contribution in [0.25, 0.3) is 11.0 Å². The smallest absolute Gasteiger partial charge is 0.433 e. The third kappa shape index (κ3) is 5.50. The Hall–Kier alpha value is -3.84. The fourth-order valence-corrected chi connectivity index (χ4v) is 7.03. The zero-order valence-electron chi connectivity index (χ0n) is 22.8. The average Bonchev–Trinajstić information content (AvgIpc) is 3.61. The van der Waals surface area contributed by atoms with Crippen molar-refractivity contribution in [3.05, 3.63) is 71.6 Å². The SMILES string of the molecule is CC(C)N1C(=O)C(CCC(=O)[C@@H]2CCCN2S(=O)(=O)c2cc3ccccc3o2)=CC(c2ccc(C(F)(F)F)nc2)C1=O. The molecule has 9 nitrogen and oxygen atoms in total. The lowest BCUT2D eigenvalue weighted by atomic mass is 9.89. The number of Topliss-reactive ketones (excluding diaryl/α,β-unsaturated/α-hetero) is 1. The van der Waals surface area contributed by atoms with Gasteiger partial charge in [0.1, 0.15) is 11.3 Å². The van der Waals surface area contributed by atoms with Crippen LogP contribution in [0.4, 0.5) is 13.2 Å². The van der Waals surface area contributed by atoms with Crippen molar-refractivity contribution in [1.82, 2.24) is 14.2 Å². The number of amides is 2. The normalized spacial score (nSPS) is 20.5. The van der Waals surface area contributed by atoms with Gasteiger partial charge in [-0.1, -0.05) is 30.3 Å². The summed E-state index contributed by atoms with van der Waals surface area (Å²) >= 11 is 0. The first kappa shape index (κ1) is 29.6. The second kappa shape index (κ2) is 11.1. The molecule has 0 N–H and O–H groups in total. The Kier molecular flexibility index (Phi) is 7.84. The van der Waals surface area contributed by atoms with Crippen LogP contribution in [0.15, 0.2) is 69.8 Å². The van der Waals surface area contributed by atoms with E-state index in [1.165, 1.54) is 12.1 Å². The second-order valence-electron chi connectivity index (χ2n) is 10.6. The van der Waals surface area contributed by atoms with E-state index < -0.39 is 51.7 Å². The Bertz CT molecular complexity index is 1650. The number of hydrogen-bond acceptors (Lipinski definition) is 7. The molecule has 0 aliphatic carbocycles. The van der Waals surface area contributed by atoms with Crippen LogP contribution in [0, 0.1) is 0 Å². The first-order valence-electron chi connectivity index (χ1n) is 13.4. The monoisotopic (exact) mass is 603 g/mol. The lowest BCUT2D eigenvalue weighted by Crippen LogP contribution is -2.47. The molecule has 5 rings (SSSR count). The van der Waals surface area contributed by atoms with Crippen LogP contribution in [0.5, 0.6) is 0 Å². The number of para-hydroxylation sites is 1. The van der Waals surface area contributed by atoms with Gasteiger partial charge in [0.2, 0.25) is 11.0 Å². The van der Waals surface area contributed by atoms with Gasteiger partial charge in [0.15, 0.2) is 5.78 Å². The summed E-state index contributed by atoms with van der Waals surface area (Å²) < 4.78 is 72.5. The molecule has 2 atom stereocenters. The summed E-state index contributed by atoms with van der Waals surface area (Å²) in [5.74, 6) is -2.66. The first-order valence-corrected chi connectivity index (χ1v) is 14.9.